The van der Waals surface area contributed by atoms with Crippen LogP contribution in [0.3, 0.4) is 0 Å². The monoisotopic (exact) mass is 334 g/mol. The van der Waals surface area contributed by atoms with Gasteiger partial charge in [0.25, 0.3) is 5.82 Å². The van der Waals surface area contributed by atoms with E-state index in [1.807, 2.05) is 42.5 Å². The molecular weight excluding hydrogens is 325 g/mol. The second kappa shape index (κ2) is 5.09. The number of hydrogen-bond donors (Lipinski definition) is 0. The van der Waals surface area contributed by atoms with E-state index in [-0.39, 0.29) is 5.16 Å². The molecule has 0 N–H and O–H groups in total. The SMILES string of the molecule is FC(F)(F)c1nnc2n1N=C(c1cccc3ccccc13)CS2. The minimum Gasteiger partial charge on any atom is -0.182 e. The molecule has 0 aliphatic carbocycles. The smallest absolute Gasteiger partial charge is 0.182 e. The molecule has 0 amide bonds. The molecule has 0 bridgehead atoms. The van der Waals surface area contributed by atoms with Crippen molar-refractivity contribution < 1.29 is 13.2 Å². The molecule has 1 aliphatic heterocycles. The Hall–Kier alpha value is -2.35. The van der Waals surface area contributed by atoms with Crippen molar-refractivity contribution in [2.75, 3.05) is 5.75 Å². The van der Waals surface area contributed by atoms with Crippen LogP contribution >= 0.6 is 11.8 Å². The number of nitrogens with zero attached hydrogens (tertiary/aromatic N) is 4. The zero-order valence-corrected chi connectivity index (χ0v) is 12.4. The van der Waals surface area contributed by atoms with Crippen LogP contribution in [0.5, 0.6) is 0 Å². The minimum atomic E-state index is -4.59. The van der Waals surface area contributed by atoms with Crippen molar-refractivity contribution in [2.45, 2.75) is 11.3 Å². The average molecular weight is 334 g/mol. The number of halogens is 3. The summed E-state index contributed by atoms with van der Waals surface area (Å²) >= 11 is 1.20. The molecule has 4 nitrogen and oxygen atoms in total. The Morgan fingerprint density at radius 3 is 2.61 bits per heavy atom. The van der Waals surface area contributed by atoms with E-state index in [1.165, 1.54) is 11.8 Å². The van der Waals surface area contributed by atoms with Gasteiger partial charge in [0.15, 0.2) is 0 Å². The summed E-state index contributed by atoms with van der Waals surface area (Å²) in [5.74, 6) is -0.651. The van der Waals surface area contributed by atoms with E-state index in [1.54, 1.807) is 0 Å². The van der Waals surface area contributed by atoms with Gasteiger partial charge in [-0.1, -0.05) is 54.2 Å². The summed E-state index contributed by atoms with van der Waals surface area (Å²) in [6.07, 6.45) is -4.59. The van der Waals surface area contributed by atoms with E-state index in [0.29, 0.717) is 11.5 Å². The molecule has 116 valence electrons. The molecule has 0 atom stereocenters. The average Bonchev–Trinajstić information content (AvgIpc) is 2.97. The number of hydrogen-bond acceptors (Lipinski definition) is 4. The molecule has 0 unspecified atom stereocenters. The highest BCUT2D eigenvalue weighted by Crippen LogP contribution is 2.33. The normalized spacial score (nSPS) is 14.7. The third kappa shape index (κ3) is 2.39. The largest absolute Gasteiger partial charge is 0.453 e. The highest BCUT2D eigenvalue weighted by Gasteiger charge is 2.40. The maximum atomic E-state index is 13.0. The van der Waals surface area contributed by atoms with E-state index in [9.17, 15) is 13.2 Å². The highest BCUT2D eigenvalue weighted by molar-refractivity contribution is 7.99. The summed E-state index contributed by atoms with van der Waals surface area (Å²) in [5.41, 5.74) is 1.40. The first kappa shape index (κ1) is 14.3. The zero-order chi connectivity index (χ0) is 16.0. The van der Waals surface area contributed by atoms with Gasteiger partial charge in [0.05, 0.1) is 5.71 Å². The summed E-state index contributed by atoms with van der Waals surface area (Å²) in [5, 5.41) is 13.1. The number of thioether (sulfide) groups is 1. The van der Waals surface area contributed by atoms with E-state index in [2.05, 4.69) is 15.3 Å². The fourth-order valence-electron chi connectivity index (χ4n) is 2.51. The lowest BCUT2D eigenvalue weighted by Gasteiger charge is -2.16. The van der Waals surface area contributed by atoms with Gasteiger partial charge in [-0.05, 0) is 10.8 Å². The van der Waals surface area contributed by atoms with Crippen molar-refractivity contribution >= 4 is 28.2 Å². The zero-order valence-electron chi connectivity index (χ0n) is 11.6. The van der Waals surface area contributed by atoms with Gasteiger partial charge in [0.2, 0.25) is 5.16 Å². The summed E-state index contributed by atoms with van der Waals surface area (Å²) in [4.78, 5) is 0. The maximum Gasteiger partial charge on any atom is 0.453 e. The van der Waals surface area contributed by atoms with Gasteiger partial charge in [0, 0.05) is 11.3 Å². The molecule has 0 saturated carbocycles. The molecule has 0 saturated heterocycles. The van der Waals surface area contributed by atoms with Crippen molar-refractivity contribution in [1.82, 2.24) is 14.9 Å². The molecule has 0 radical (unpaired) electrons. The first-order chi connectivity index (χ1) is 11.0. The van der Waals surface area contributed by atoms with Crippen LogP contribution in [0.1, 0.15) is 11.4 Å². The standard InChI is InChI=1S/C15H9F3N4S/c16-15(17,18)13-19-20-14-22(13)21-12(8-23-14)11-7-3-5-9-4-1-2-6-10(9)11/h1-7H,8H2. The van der Waals surface area contributed by atoms with Crippen LogP contribution in [0.25, 0.3) is 10.8 Å². The Morgan fingerprint density at radius 1 is 1.00 bits per heavy atom. The quantitative estimate of drug-likeness (QED) is 0.680. The predicted molar refractivity (Wildman–Crippen MR) is 81.6 cm³/mol. The molecule has 0 spiro atoms. The predicted octanol–water partition coefficient (Wildman–Crippen LogP) is 3.81. The molecule has 0 fully saturated rings. The van der Waals surface area contributed by atoms with E-state index in [4.69, 9.17) is 0 Å². The lowest BCUT2D eigenvalue weighted by Crippen LogP contribution is -2.19. The van der Waals surface area contributed by atoms with Gasteiger partial charge in [-0.3, -0.25) is 0 Å². The van der Waals surface area contributed by atoms with E-state index >= 15 is 0 Å². The first-order valence-electron chi connectivity index (χ1n) is 6.75. The van der Waals surface area contributed by atoms with Gasteiger partial charge in [0.1, 0.15) is 0 Å². The Labute approximate surface area is 133 Å². The van der Waals surface area contributed by atoms with Crippen LogP contribution in [-0.4, -0.2) is 26.3 Å². The van der Waals surface area contributed by atoms with E-state index < -0.39 is 12.0 Å². The van der Waals surface area contributed by atoms with Crippen molar-refractivity contribution in [3.05, 3.63) is 53.9 Å². The summed E-state index contributed by atoms with van der Waals surface area (Å²) < 4.78 is 39.8. The number of rotatable bonds is 1. The lowest BCUT2D eigenvalue weighted by molar-refractivity contribution is -0.147. The molecule has 1 aromatic heterocycles. The van der Waals surface area contributed by atoms with Gasteiger partial charge in [-0.2, -0.15) is 22.9 Å². The number of aromatic nitrogens is 3. The van der Waals surface area contributed by atoms with Crippen LogP contribution in [0.4, 0.5) is 13.2 Å². The van der Waals surface area contributed by atoms with Gasteiger partial charge < -0.3 is 0 Å². The van der Waals surface area contributed by atoms with Crippen molar-refractivity contribution in [3.8, 4) is 0 Å². The Balaban J connectivity index is 1.89. The Morgan fingerprint density at radius 2 is 1.78 bits per heavy atom. The van der Waals surface area contributed by atoms with Gasteiger partial charge in [-0.15, -0.1) is 10.2 Å². The fraction of sp³-hybridized carbons (Fsp3) is 0.133. The summed E-state index contributed by atoms with van der Waals surface area (Å²) in [6, 6.07) is 13.4. The maximum absolute atomic E-state index is 13.0. The van der Waals surface area contributed by atoms with Crippen LogP contribution < -0.4 is 0 Å². The molecule has 23 heavy (non-hydrogen) atoms. The lowest BCUT2D eigenvalue weighted by atomic mass is 10.0. The van der Waals surface area contributed by atoms with E-state index in [0.717, 1.165) is 21.0 Å². The molecule has 3 aromatic rings. The minimum absolute atomic E-state index is 0.154. The Bertz CT molecular complexity index is 925. The van der Waals surface area contributed by atoms with Gasteiger partial charge in [-0.25, -0.2) is 0 Å². The Kier molecular flexibility index (Phi) is 3.15. The molecule has 4 rings (SSSR count). The van der Waals surface area contributed by atoms with Crippen molar-refractivity contribution in [2.24, 2.45) is 5.10 Å². The molecule has 2 aromatic carbocycles. The number of benzene rings is 2. The fourth-order valence-corrected chi connectivity index (χ4v) is 3.34. The molecule has 1 aliphatic rings. The second-order valence-corrected chi connectivity index (χ2v) is 5.92. The highest BCUT2D eigenvalue weighted by atomic mass is 32.2. The van der Waals surface area contributed by atoms with Crippen LogP contribution in [0.15, 0.2) is 52.7 Å². The molecule has 8 heteroatoms. The number of fused-ring (bicyclic) bond motifs is 2. The van der Waals surface area contributed by atoms with Gasteiger partial charge >= 0.3 is 6.18 Å². The third-order valence-electron chi connectivity index (χ3n) is 3.52. The van der Waals surface area contributed by atoms with Crippen LogP contribution in [0.2, 0.25) is 0 Å². The first-order valence-corrected chi connectivity index (χ1v) is 7.74. The van der Waals surface area contributed by atoms with Crippen LogP contribution in [-0.2, 0) is 6.18 Å². The second-order valence-electron chi connectivity index (χ2n) is 4.98. The van der Waals surface area contributed by atoms with Crippen molar-refractivity contribution in [1.29, 1.82) is 0 Å². The topological polar surface area (TPSA) is 43.1 Å². The van der Waals surface area contributed by atoms with Crippen molar-refractivity contribution in [3.63, 3.8) is 0 Å². The molecular formula is C15H9F3N4S. The summed E-state index contributed by atoms with van der Waals surface area (Å²) in [6.45, 7) is 0. The third-order valence-corrected chi connectivity index (χ3v) is 4.46. The number of alkyl halides is 3. The van der Waals surface area contributed by atoms with Crippen LogP contribution in [0, 0.1) is 0 Å². The summed E-state index contributed by atoms with van der Waals surface area (Å²) in [7, 11) is 0. The molecule has 2 heterocycles.